The van der Waals surface area contributed by atoms with Crippen LogP contribution >= 0.6 is 27.7 Å². The van der Waals surface area contributed by atoms with Gasteiger partial charge in [-0.05, 0) is 41.1 Å². The van der Waals surface area contributed by atoms with Gasteiger partial charge in [0.25, 0.3) is 10.0 Å². The second kappa shape index (κ2) is 6.66. The maximum absolute atomic E-state index is 11.7. The molecule has 0 fully saturated rings. The van der Waals surface area contributed by atoms with Gasteiger partial charge in [0, 0.05) is 4.47 Å². The van der Waals surface area contributed by atoms with Gasteiger partial charge in [-0.1, -0.05) is 58.4 Å². The monoisotopic (exact) mass is 448 g/mol. The maximum atomic E-state index is 11.7. The molecule has 0 saturated carbocycles. The number of nitrogens with zero attached hydrogens (tertiary/aromatic N) is 3. The van der Waals surface area contributed by atoms with Crippen molar-refractivity contribution in [3.63, 3.8) is 0 Å². The molecule has 0 amide bonds. The van der Waals surface area contributed by atoms with Crippen molar-refractivity contribution in [3.8, 4) is 0 Å². The molecule has 0 aromatic heterocycles. The summed E-state index contributed by atoms with van der Waals surface area (Å²) < 4.78 is 24.3. The molecule has 0 radical (unpaired) electrons. The highest BCUT2D eigenvalue weighted by atomic mass is 79.9. The summed E-state index contributed by atoms with van der Waals surface area (Å²) in [5, 5.41) is 11.5. The van der Waals surface area contributed by atoms with Crippen LogP contribution in [0, 0.1) is 0 Å². The number of hydrazone groups is 1. The van der Waals surface area contributed by atoms with Crippen molar-refractivity contribution >= 4 is 53.0 Å². The first-order chi connectivity index (χ1) is 12.4. The molecule has 2 aromatic rings. The Bertz CT molecular complexity index is 1050. The molecular formula is C17H13BrN4O2S2. The lowest BCUT2D eigenvalue weighted by Gasteiger charge is -2.28. The first kappa shape index (κ1) is 17.5. The molecule has 0 aliphatic carbocycles. The minimum Gasteiger partial charge on any atom is -0.228 e. The van der Waals surface area contributed by atoms with Crippen molar-refractivity contribution in [1.82, 2.24) is 5.01 Å². The summed E-state index contributed by atoms with van der Waals surface area (Å²) >= 11 is 4.39. The zero-order valence-electron chi connectivity index (χ0n) is 13.3. The summed E-state index contributed by atoms with van der Waals surface area (Å²) in [6, 6.07) is 17.3. The first-order valence-electron chi connectivity index (χ1n) is 7.62. The molecule has 2 aliphatic rings. The van der Waals surface area contributed by atoms with Gasteiger partial charge < -0.3 is 0 Å². The van der Waals surface area contributed by atoms with E-state index in [-0.39, 0.29) is 10.4 Å². The Morgan fingerprint density at radius 3 is 2.42 bits per heavy atom. The third kappa shape index (κ3) is 3.35. The van der Waals surface area contributed by atoms with Crippen molar-refractivity contribution in [2.45, 2.75) is 6.04 Å². The van der Waals surface area contributed by atoms with Gasteiger partial charge in [-0.15, -0.1) is 5.10 Å². The molecule has 1 unspecified atom stereocenters. The minimum atomic E-state index is -3.90. The number of amidine groups is 1. The smallest absolute Gasteiger partial charge is 0.228 e. The van der Waals surface area contributed by atoms with Gasteiger partial charge in [-0.2, -0.15) is 0 Å². The van der Waals surface area contributed by atoms with Crippen molar-refractivity contribution in [1.29, 1.82) is 0 Å². The van der Waals surface area contributed by atoms with Crippen LogP contribution in [0.2, 0.25) is 0 Å². The molecule has 2 aliphatic heterocycles. The van der Waals surface area contributed by atoms with Crippen LogP contribution in [0.1, 0.15) is 17.2 Å². The Hall–Kier alpha value is -1.94. The highest BCUT2D eigenvalue weighted by Crippen LogP contribution is 2.39. The Labute approximate surface area is 163 Å². The summed E-state index contributed by atoms with van der Waals surface area (Å²) in [6.45, 7) is 0. The number of hydrogen-bond acceptors (Lipinski definition) is 6. The number of thioether (sulfide) groups is 1. The summed E-state index contributed by atoms with van der Waals surface area (Å²) in [7, 11) is -3.90. The number of primary sulfonamides is 1. The van der Waals surface area contributed by atoms with Crippen LogP contribution < -0.4 is 5.14 Å². The van der Waals surface area contributed by atoms with E-state index < -0.39 is 10.0 Å². The van der Waals surface area contributed by atoms with Crippen molar-refractivity contribution < 1.29 is 8.42 Å². The van der Waals surface area contributed by atoms with Gasteiger partial charge in [0.1, 0.15) is 6.04 Å². The zero-order valence-corrected chi connectivity index (χ0v) is 16.5. The summed E-state index contributed by atoms with van der Waals surface area (Å²) in [5.41, 5.74) is 2.68. The van der Waals surface area contributed by atoms with Gasteiger partial charge in [-0.25, -0.2) is 23.6 Å². The van der Waals surface area contributed by atoms with Crippen LogP contribution in [0.5, 0.6) is 0 Å². The molecule has 132 valence electrons. The fourth-order valence-electron chi connectivity index (χ4n) is 2.67. The van der Waals surface area contributed by atoms with Gasteiger partial charge in [0.05, 0.1) is 5.70 Å². The second-order valence-electron chi connectivity index (χ2n) is 5.67. The van der Waals surface area contributed by atoms with Gasteiger partial charge in [-0.3, -0.25) is 0 Å². The molecule has 0 saturated heterocycles. The largest absolute Gasteiger partial charge is 0.264 e. The van der Waals surface area contributed by atoms with E-state index in [9.17, 15) is 8.42 Å². The normalized spacial score (nSPS) is 19.5. The number of hydrogen-bond donors (Lipinski definition) is 1. The highest BCUT2D eigenvalue weighted by Gasteiger charge is 2.37. The molecule has 2 aromatic carbocycles. The predicted molar refractivity (Wildman–Crippen MR) is 109 cm³/mol. The fraction of sp³-hybridized carbons (Fsp3) is 0.0588. The van der Waals surface area contributed by atoms with E-state index in [0.717, 1.165) is 33.1 Å². The molecule has 6 nitrogen and oxygen atoms in total. The van der Waals surface area contributed by atoms with Crippen LogP contribution in [0.3, 0.4) is 0 Å². The summed E-state index contributed by atoms with van der Waals surface area (Å²) in [4.78, 5) is 4.59. The molecule has 1 atom stereocenters. The van der Waals surface area contributed by atoms with Crippen molar-refractivity contribution in [2.75, 3.05) is 0 Å². The number of sulfonamides is 1. The average molecular weight is 449 g/mol. The first-order valence-corrected chi connectivity index (χ1v) is 10.8. The van der Waals surface area contributed by atoms with E-state index in [1.54, 1.807) is 5.01 Å². The van der Waals surface area contributed by atoms with E-state index in [1.165, 1.54) is 0 Å². The Balaban J connectivity index is 1.82. The van der Waals surface area contributed by atoms with Crippen LogP contribution in [-0.2, 0) is 10.0 Å². The SMILES string of the molecule is NS(=O)(=O)C1=NN2C(=NC(c3ccccc3)=CC2c2ccc(Br)cc2)S1. The van der Waals surface area contributed by atoms with Crippen LogP contribution in [0.15, 0.2) is 75.2 Å². The summed E-state index contributed by atoms with van der Waals surface area (Å²) in [6.07, 6.45) is 1.97. The van der Waals surface area contributed by atoms with E-state index >= 15 is 0 Å². The quantitative estimate of drug-likeness (QED) is 0.760. The lowest BCUT2D eigenvalue weighted by atomic mass is 10.0. The topological polar surface area (TPSA) is 88.1 Å². The number of fused-ring (bicyclic) bond motifs is 1. The van der Waals surface area contributed by atoms with Gasteiger partial charge >= 0.3 is 0 Å². The number of nitrogens with two attached hydrogens (primary N) is 1. The molecule has 26 heavy (non-hydrogen) atoms. The maximum Gasteiger partial charge on any atom is 0.264 e. The molecule has 2 N–H and O–H groups in total. The standard InChI is InChI=1S/C17H13BrN4O2S2/c18-13-8-6-12(7-9-13)15-10-14(11-4-2-1-3-5-11)20-16-22(15)21-17(25-16)26(19,23)24/h1-10,15H,(H2,19,23,24). The Morgan fingerprint density at radius 1 is 1.08 bits per heavy atom. The molecule has 4 rings (SSSR count). The van der Waals surface area contributed by atoms with Crippen LogP contribution in [-0.4, -0.2) is 23.0 Å². The van der Waals surface area contributed by atoms with Crippen molar-refractivity contribution in [2.24, 2.45) is 15.2 Å². The van der Waals surface area contributed by atoms with Gasteiger partial charge in [0.15, 0.2) is 5.17 Å². The third-order valence-electron chi connectivity index (χ3n) is 3.88. The number of halogens is 1. The Kier molecular flexibility index (Phi) is 4.47. The molecule has 2 heterocycles. The number of benzene rings is 2. The minimum absolute atomic E-state index is 0.152. The lowest BCUT2D eigenvalue weighted by Crippen LogP contribution is -2.27. The molecule has 0 spiro atoms. The predicted octanol–water partition coefficient (Wildman–Crippen LogP) is 3.51. The van der Waals surface area contributed by atoms with Crippen LogP contribution in [0.25, 0.3) is 5.70 Å². The molecule has 0 bridgehead atoms. The average Bonchev–Trinajstić information content (AvgIpc) is 3.07. The van der Waals surface area contributed by atoms with E-state index in [2.05, 4.69) is 26.0 Å². The molecular weight excluding hydrogens is 436 g/mol. The van der Waals surface area contributed by atoms with E-state index in [0.29, 0.717) is 5.17 Å². The zero-order chi connectivity index (χ0) is 18.3. The fourth-order valence-corrected chi connectivity index (χ4v) is 4.50. The van der Waals surface area contributed by atoms with Gasteiger partial charge in [0.2, 0.25) is 4.38 Å². The second-order valence-corrected chi connectivity index (χ2v) is 9.27. The lowest BCUT2D eigenvalue weighted by molar-refractivity contribution is 0.395. The van der Waals surface area contributed by atoms with Crippen molar-refractivity contribution in [3.05, 3.63) is 76.3 Å². The Morgan fingerprint density at radius 2 is 1.77 bits per heavy atom. The van der Waals surface area contributed by atoms with E-state index in [4.69, 9.17) is 5.14 Å². The van der Waals surface area contributed by atoms with E-state index in [1.807, 2.05) is 60.7 Å². The highest BCUT2D eigenvalue weighted by molar-refractivity contribution is 9.10. The number of aliphatic imine (C=N–C) groups is 1. The molecule has 9 heteroatoms. The summed E-state index contributed by atoms with van der Waals surface area (Å²) in [5.74, 6) is 0. The van der Waals surface area contributed by atoms with Crippen LogP contribution in [0.4, 0.5) is 0 Å². The number of rotatable bonds is 2. The third-order valence-corrected chi connectivity index (χ3v) is 6.64.